The Kier molecular flexibility index (Phi) is 5.69. The van der Waals surface area contributed by atoms with Crippen LogP contribution in [0.5, 0.6) is 5.75 Å². The standard InChI is InChI=1S/C23H25N5O5/c1-32-21-7-5-16(28(30)31)12-18(21)23(29)24-15-4-6-20-19(11-15)25-22-14-26(8-9-27(20)22)13-17-3-2-10-33-17/h4-7,11-12,17H,2-3,8-10,13-14H2,1H3,(H,24,29). The number of nitro groups is 1. The van der Waals surface area contributed by atoms with Gasteiger partial charge in [0.25, 0.3) is 11.6 Å². The number of fused-ring (bicyclic) bond motifs is 3. The van der Waals surface area contributed by atoms with Crippen molar-refractivity contribution in [2.75, 3.05) is 32.1 Å². The van der Waals surface area contributed by atoms with Gasteiger partial charge in [0, 0.05) is 44.1 Å². The van der Waals surface area contributed by atoms with Gasteiger partial charge < -0.3 is 19.4 Å². The molecule has 1 saturated heterocycles. The van der Waals surface area contributed by atoms with Crippen molar-refractivity contribution in [3.8, 4) is 5.75 Å². The number of nitrogens with zero attached hydrogens (tertiary/aromatic N) is 4. The lowest BCUT2D eigenvalue weighted by molar-refractivity contribution is -0.384. The van der Waals surface area contributed by atoms with Gasteiger partial charge in [-0.1, -0.05) is 0 Å². The zero-order valence-electron chi connectivity index (χ0n) is 18.3. The maximum absolute atomic E-state index is 12.8. The summed E-state index contributed by atoms with van der Waals surface area (Å²) in [6.07, 6.45) is 2.56. The second kappa shape index (κ2) is 8.80. The van der Waals surface area contributed by atoms with Gasteiger partial charge in [0.1, 0.15) is 11.6 Å². The van der Waals surface area contributed by atoms with Gasteiger partial charge in [-0.05, 0) is 37.1 Å². The van der Waals surface area contributed by atoms with Crippen LogP contribution in [0, 0.1) is 10.1 Å². The van der Waals surface area contributed by atoms with Crippen LogP contribution in [0.4, 0.5) is 11.4 Å². The Balaban J connectivity index is 1.35. The quantitative estimate of drug-likeness (QED) is 0.452. The van der Waals surface area contributed by atoms with E-state index in [1.54, 1.807) is 0 Å². The van der Waals surface area contributed by atoms with Crippen molar-refractivity contribution in [1.82, 2.24) is 14.5 Å². The normalized spacial score (nSPS) is 18.3. The topological polar surface area (TPSA) is 112 Å². The van der Waals surface area contributed by atoms with Gasteiger partial charge in [-0.2, -0.15) is 0 Å². The number of hydrogen-bond acceptors (Lipinski definition) is 7. The number of nitro benzene ring substituents is 1. The summed E-state index contributed by atoms with van der Waals surface area (Å²) in [5.74, 6) is 0.780. The molecule has 1 aromatic heterocycles. The van der Waals surface area contributed by atoms with Gasteiger partial charge in [-0.25, -0.2) is 4.98 Å². The number of carbonyl (C=O) groups excluding carboxylic acids is 1. The molecule has 0 bridgehead atoms. The minimum absolute atomic E-state index is 0.0979. The highest BCUT2D eigenvalue weighted by molar-refractivity contribution is 6.07. The van der Waals surface area contributed by atoms with Gasteiger partial charge in [-0.15, -0.1) is 0 Å². The summed E-state index contributed by atoms with van der Waals surface area (Å²) in [4.78, 5) is 30.6. The van der Waals surface area contributed by atoms with Crippen molar-refractivity contribution in [2.45, 2.75) is 32.0 Å². The summed E-state index contributed by atoms with van der Waals surface area (Å²) in [6, 6.07) is 9.53. The largest absolute Gasteiger partial charge is 0.496 e. The molecule has 1 fully saturated rings. The second-order valence-electron chi connectivity index (χ2n) is 8.35. The number of amides is 1. The summed E-state index contributed by atoms with van der Waals surface area (Å²) in [5.41, 5.74) is 2.31. The molecule has 1 N–H and O–H groups in total. The van der Waals surface area contributed by atoms with E-state index in [1.165, 1.54) is 25.3 Å². The fraction of sp³-hybridized carbons (Fsp3) is 0.391. The monoisotopic (exact) mass is 451 g/mol. The highest BCUT2D eigenvalue weighted by atomic mass is 16.6. The Labute approximate surface area is 190 Å². The highest BCUT2D eigenvalue weighted by Gasteiger charge is 2.25. The van der Waals surface area contributed by atoms with E-state index < -0.39 is 10.8 Å². The predicted molar refractivity (Wildman–Crippen MR) is 122 cm³/mol. The predicted octanol–water partition coefficient (Wildman–Crippen LogP) is 3.20. The number of rotatable bonds is 6. The molecule has 0 spiro atoms. The molecule has 1 unspecified atom stereocenters. The Hall–Kier alpha value is -3.50. The molecule has 3 heterocycles. The molecule has 2 aliphatic rings. The number of hydrogen-bond donors (Lipinski definition) is 1. The van der Waals surface area contributed by atoms with Crippen LogP contribution in [0.1, 0.15) is 29.0 Å². The number of aromatic nitrogens is 2. The van der Waals surface area contributed by atoms with E-state index in [-0.39, 0.29) is 17.0 Å². The average Bonchev–Trinajstić information content (AvgIpc) is 3.45. The molecule has 2 aromatic carbocycles. The summed E-state index contributed by atoms with van der Waals surface area (Å²) < 4.78 is 13.2. The molecular formula is C23H25N5O5. The maximum Gasteiger partial charge on any atom is 0.270 e. The van der Waals surface area contributed by atoms with Gasteiger partial charge >= 0.3 is 0 Å². The molecule has 0 aliphatic carbocycles. The first-order valence-electron chi connectivity index (χ1n) is 11.0. The van der Waals surface area contributed by atoms with Crippen molar-refractivity contribution in [3.05, 3.63) is 57.9 Å². The van der Waals surface area contributed by atoms with Gasteiger partial charge in [0.2, 0.25) is 0 Å². The van der Waals surface area contributed by atoms with E-state index in [9.17, 15) is 14.9 Å². The molecule has 1 atom stereocenters. The van der Waals surface area contributed by atoms with E-state index in [4.69, 9.17) is 14.5 Å². The number of anilines is 1. The molecule has 10 nitrogen and oxygen atoms in total. The van der Waals surface area contributed by atoms with Crippen LogP contribution < -0.4 is 10.1 Å². The molecule has 2 aliphatic heterocycles. The molecule has 3 aromatic rings. The minimum Gasteiger partial charge on any atom is -0.496 e. The Morgan fingerprint density at radius 2 is 2.18 bits per heavy atom. The number of imidazole rings is 1. The summed E-state index contributed by atoms with van der Waals surface area (Å²) in [5, 5.41) is 13.9. The third-order valence-electron chi connectivity index (χ3n) is 6.21. The fourth-order valence-corrected chi connectivity index (χ4v) is 4.57. The number of carbonyl (C=O) groups is 1. The minimum atomic E-state index is -0.542. The van der Waals surface area contributed by atoms with Crippen molar-refractivity contribution < 1.29 is 19.2 Å². The zero-order chi connectivity index (χ0) is 22.9. The lowest BCUT2D eigenvalue weighted by atomic mass is 10.1. The molecule has 5 rings (SSSR count). The lowest BCUT2D eigenvalue weighted by Gasteiger charge is -2.29. The Morgan fingerprint density at radius 3 is 2.94 bits per heavy atom. The molecule has 0 radical (unpaired) electrons. The first kappa shape index (κ1) is 21.4. The van der Waals surface area contributed by atoms with Crippen LogP contribution in [0.15, 0.2) is 36.4 Å². The summed E-state index contributed by atoms with van der Waals surface area (Å²) in [6.45, 7) is 4.35. The number of nitrogens with one attached hydrogen (secondary N) is 1. The first-order chi connectivity index (χ1) is 16.0. The van der Waals surface area contributed by atoms with E-state index in [2.05, 4.69) is 14.8 Å². The van der Waals surface area contributed by atoms with Crippen molar-refractivity contribution in [3.63, 3.8) is 0 Å². The van der Waals surface area contributed by atoms with Crippen molar-refractivity contribution in [2.24, 2.45) is 0 Å². The smallest absolute Gasteiger partial charge is 0.270 e. The van der Waals surface area contributed by atoms with Crippen LogP contribution in [-0.4, -0.2) is 58.2 Å². The molecule has 0 saturated carbocycles. The molecule has 10 heteroatoms. The molecule has 172 valence electrons. The van der Waals surface area contributed by atoms with Gasteiger partial charge in [-0.3, -0.25) is 19.8 Å². The summed E-state index contributed by atoms with van der Waals surface area (Å²) in [7, 11) is 1.42. The molecular weight excluding hydrogens is 426 g/mol. The number of non-ortho nitro benzene ring substituents is 1. The first-order valence-corrected chi connectivity index (χ1v) is 11.0. The number of methoxy groups -OCH3 is 1. The second-order valence-corrected chi connectivity index (χ2v) is 8.35. The SMILES string of the molecule is COc1ccc([N+](=O)[O-])cc1C(=O)Nc1ccc2c(c1)nc1n2CCN(CC2CCCO2)C1. The van der Waals surface area contributed by atoms with Crippen LogP contribution in [0.2, 0.25) is 0 Å². The van der Waals surface area contributed by atoms with Gasteiger partial charge in [0.15, 0.2) is 0 Å². The van der Waals surface area contributed by atoms with Crippen LogP contribution in [0.3, 0.4) is 0 Å². The Bertz CT molecular complexity index is 1220. The fourth-order valence-electron chi connectivity index (χ4n) is 4.57. The molecule has 33 heavy (non-hydrogen) atoms. The maximum atomic E-state index is 12.8. The third kappa shape index (κ3) is 4.27. The van der Waals surface area contributed by atoms with E-state index in [0.717, 1.165) is 62.5 Å². The van der Waals surface area contributed by atoms with E-state index in [1.807, 2.05) is 18.2 Å². The molecule has 1 amide bonds. The third-order valence-corrected chi connectivity index (χ3v) is 6.21. The van der Waals surface area contributed by atoms with Crippen LogP contribution in [0.25, 0.3) is 11.0 Å². The lowest BCUT2D eigenvalue weighted by Crippen LogP contribution is -2.38. The summed E-state index contributed by atoms with van der Waals surface area (Å²) >= 11 is 0. The van der Waals surface area contributed by atoms with Crippen LogP contribution >= 0.6 is 0 Å². The van der Waals surface area contributed by atoms with Crippen molar-refractivity contribution in [1.29, 1.82) is 0 Å². The zero-order valence-corrected chi connectivity index (χ0v) is 18.3. The van der Waals surface area contributed by atoms with Crippen LogP contribution in [-0.2, 0) is 17.8 Å². The average molecular weight is 451 g/mol. The Morgan fingerprint density at radius 1 is 1.30 bits per heavy atom. The van der Waals surface area contributed by atoms with E-state index in [0.29, 0.717) is 11.8 Å². The highest BCUT2D eigenvalue weighted by Crippen LogP contribution is 2.27. The van der Waals surface area contributed by atoms with Crippen molar-refractivity contribution >= 4 is 28.3 Å². The van der Waals surface area contributed by atoms with E-state index >= 15 is 0 Å². The number of benzene rings is 2. The van der Waals surface area contributed by atoms with Gasteiger partial charge in [0.05, 0.1) is 41.3 Å². The number of ether oxygens (including phenoxy) is 2.